The zero-order chi connectivity index (χ0) is 12.2. The summed E-state index contributed by atoms with van der Waals surface area (Å²) >= 11 is 0. The number of hydrogen-bond donors (Lipinski definition) is 1. The predicted molar refractivity (Wildman–Crippen MR) is 66.6 cm³/mol. The Kier molecular flexibility index (Phi) is 2.39. The normalized spacial score (nSPS) is 44.7. The molecule has 0 amide bonds. The van der Waals surface area contributed by atoms with Gasteiger partial charge >= 0.3 is 5.97 Å². The Morgan fingerprint density at radius 3 is 1.76 bits per heavy atom. The van der Waals surface area contributed by atoms with E-state index >= 15 is 0 Å². The summed E-state index contributed by atoms with van der Waals surface area (Å²) in [4.78, 5) is 11.2. The van der Waals surface area contributed by atoms with Gasteiger partial charge in [-0.05, 0) is 75.5 Å². The zero-order valence-corrected chi connectivity index (χ0v) is 10.8. The molecule has 4 bridgehead atoms. The SMILES string of the molecule is C/C(C(=O)O)=C(\C)C12CC3CC(CC(C3)C1)C2. The molecule has 4 rings (SSSR count). The van der Waals surface area contributed by atoms with Gasteiger partial charge < -0.3 is 5.11 Å². The Morgan fingerprint density at radius 2 is 1.41 bits per heavy atom. The molecular formula is C15H22O2. The highest BCUT2D eigenvalue weighted by molar-refractivity contribution is 5.87. The Hall–Kier alpha value is -0.790. The van der Waals surface area contributed by atoms with E-state index < -0.39 is 5.97 Å². The first kappa shape index (κ1) is 11.3. The van der Waals surface area contributed by atoms with Crippen LogP contribution in [0.3, 0.4) is 0 Å². The second kappa shape index (κ2) is 3.60. The van der Waals surface area contributed by atoms with Crippen LogP contribution >= 0.6 is 0 Å². The number of hydrogen-bond acceptors (Lipinski definition) is 1. The standard InChI is InChI=1S/C15H22O2/c1-9(14(16)17)10(2)15-6-11-3-12(7-15)5-13(4-11)8-15/h11-13H,3-8H2,1-2H3,(H,16,17)/b10-9-. The van der Waals surface area contributed by atoms with E-state index in [9.17, 15) is 9.90 Å². The minimum absolute atomic E-state index is 0.261. The summed E-state index contributed by atoms with van der Waals surface area (Å²) in [5.41, 5.74) is 2.05. The van der Waals surface area contributed by atoms with Gasteiger partial charge in [-0.2, -0.15) is 0 Å². The van der Waals surface area contributed by atoms with Crippen molar-refractivity contribution in [2.75, 3.05) is 0 Å². The topological polar surface area (TPSA) is 37.3 Å². The average Bonchev–Trinajstić information content (AvgIpc) is 2.25. The number of allylic oxidation sites excluding steroid dienone is 1. The molecular weight excluding hydrogens is 212 g/mol. The van der Waals surface area contributed by atoms with Crippen molar-refractivity contribution in [3.05, 3.63) is 11.1 Å². The quantitative estimate of drug-likeness (QED) is 0.741. The van der Waals surface area contributed by atoms with Crippen molar-refractivity contribution in [3.63, 3.8) is 0 Å². The van der Waals surface area contributed by atoms with Crippen molar-refractivity contribution in [2.24, 2.45) is 23.2 Å². The third-order valence-electron chi connectivity index (χ3n) is 5.72. The van der Waals surface area contributed by atoms with E-state index in [0.717, 1.165) is 17.8 Å². The molecule has 4 aliphatic carbocycles. The molecule has 0 aromatic carbocycles. The van der Waals surface area contributed by atoms with Crippen LogP contribution in [-0.4, -0.2) is 11.1 Å². The van der Waals surface area contributed by atoms with E-state index in [-0.39, 0.29) is 5.41 Å². The minimum Gasteiger partial charge on any atom is -0.478 e. The Morgan fingerprint density at radius 1 is 1.00 bits per heavy atom. The van der Waals surface area contributed by atoms with E-state index in [0.29, 0.717) is 5.57 Å². The number of aliphatic carboxylic acids is 1. The van der Waals surface area contributed by atoms with Crippen molar-refractivity contribution < 1.29 is 9.90 Å². The highest BCUT2D eigenvalue weighted by atomic mass is 16.4. The van der Waals surface area contributed by atoms with Gasteiger partial charge in [-0.25, -0.2) is 4.79 Å². The van der Waals surface area contributed by atoms with E-state index in [1.54, 1.807) is 6.92 Å². The molecule has 0 heterocycles. The molecule has 0 unspecified atom stereocenters. The van der Waals surface area contributed by atoms with Crippen molar-refractivity contribution in [2.45, 2.75) is 52.4 Å². The van der Waals surface area contributed by atoms with Gasteiger partial charge in [0.05, 0.1) is 0 Å². The first-order valence-corrected chi connectivity index (χ1v) is 6.91. The highest BCUT2D eigenvalue weighted by Crippen LogP contribution is 2.62. The second-order valence-electron chi connectivity index (χ2n) is 6.75. The van der Waals surface area contributed by atoms with Gasteiger partial charge in [0.1, 0.15) is 0 Å². The lowest BCUT2D eigenvalue weighted by Gasteiger charge is -2.57. The molecule has 0 radical (unpaired) electrons. The van der Waals surface area contributed by atoms with Crippen LogP contribution < -0.4 is 0 Å². The van der Waals surface area contributed by atoms with E-state index in [1.165, 1.54) is 44.1 Å². The maximum Gasteiger partial charge on any atom is 0.331 e. The predicted octanol–water partition coefficient (Wildman–Crippen LogP) is 3.62. The van der Waals surface area contributed by atoms with Crippen molar-refractivity contribution in [1.82, 2.24) is 0 Å². The molecule has 0 aromatic heterocycles. The molecule has 4 aliphatic rings. The average molecular weight is 234 g/mol. The van der Waals surface area contributed by atoms with Crippen LogP contribution in [0.5, 0.6) is 0 Å². The van der Waals surface area contributed by atoms with Crippen molar-refractivity contribution in [3.8, 4) is 0 Å². The summed E-state index contributed by atoms with van der Waals surface area (Å²) in [6, 6.07) is 0. The third-order valence-corrected chi connectivity index (χ3v) is 5.72. The smallest absolute Gasteiger partial charge is 0.331 e. The van der Waals surface area contributed by atoms with Crippen LogP contribution in [0.2, 0.25) is 0 Å². The lowest BCUT2D eigenvalue weighted by Crippen LogP contribution is -2.47. The Labute approximate surface area is 103 Å². The van der Waals surface area contributed by atoms with Crippen molar-refractivity contribution >= 4 is 5.97 Å². The summed E-state index contributed by atoms with van der Waals surface area (Å²) in [7, 11) is 0. The number of carboxylic acids is 1. The van der Waals surface area contributed by atoms with Crippen LogP contribution in [0.25, 0.3) is 0 Å². The zero-order valence-electron chi connectivity index (χ0n) is 10.8. The number of rotatable bonds is 2. The van der Waals surface area contributed by atoms with Crippen LogP contribution in [-0.2, 0) is 4.79 Å². The van der Waals surface area contributed by atoms with Crippen LogP contribution in [0.4, 0.5) is 0 Å². The van der Waals surface area contributed by atoms with Gasteiger partial charge in [-0.3, -0.25) is 0 Å². The van der Waals surface area contributed by atoms with Gasteiger partial charge in [-0.1, -0.05) is 5.57 Å². The fourth-order valence-electron chi connectivity index (χ4n) is 5.13. The summed E-state index contributed by atoms with van der Waals surface area (Å²) in [5, 5.41) is 9.20. The lowest BCUT2D eigenvalue weighted by molar-refractivity contribution is -0.132. The first-order chi connectivity index (χ1) is 8.00. The summed E-state index contributed by atoms with van der Waals surface area (Å²) in [6.45, 7) is 3.87. The minimum atomic E-state index is -0.724. The summed E-state index contributed by atoms with van der Waals surface area (Å²) in [5.74, 6) is 1.94. The van der Waals surface area contributed by atoms with E-state index in [4.69, 9.17) is 0 Å². The number of carboxylic acid groups (broad SMARTS) is 1. The molecule has 0 aliphatic heterocycles. The Balaban J connectivity index is 1.97. The van der Waals surface area contributed by atoms with E-state index in [2.05, 4.69) is 6.92 Å². The fraction of sp³-hybridized carbons (Fsp3) is 0.800. The molecule has 4 saturated carbocycles. The first-order valence-electron chi connectivity index (χ1n) is 6.91. The monoisotopic (exact) mass is 234 g/mol. The molecule has 0 saturated heterocycles. The summed E-state index contributed by atoms with van der Waals surface area (Å²) < 4.78 is 0. The van der Waals surface area contributed by atoms with Crippen LogP contribution in [0.15, 0.2) is 11.1 Å². The largest absolute Gasteiger partial charge is 0.478 e. The molecule has 17 heavy (non-hydrogen) atoms. The summed E-state index contributed by atoms with van der Waals surface area (Å²) in [6.07, 6.45) is 8.02. The molecule has 0 aromatic rings. The molecule has 0 atom stereocenters. The molecule has 1 N–H and O–H groups in total. The molecule has 2 heteroatoms. The van der Waals surface area contributed by atoms with Crippen molar-refractivity contribution in [1.29, 1.82) is 0 Å². The highest BCUT2D eigenvalue weighted by Gasteiger charge is 2.51. The van der Waals surface area contributed by atoms with E-state index in [1.807, 2.05) is 0 Å². The van der Waals surface area contributed by atoms with Gasteiger partial charge in [0.2, 0.25) is 0 Å². The molecule has 4 fully saturated rings. The van der Waals surface area contributed by atoms with Gasteiger partial charge in [0, 0.05) is 5.57 Å². The van der Waals surface area contributed by atoms with Gasteiger partial charge in [0.15, 0.2) is 0 Å². The third kappa shape index (κ3) is 1.64. The molecule has 0 spiro atoms. The lowest BCUT2D eigenvalue weighted by atomic mass is 9.47. The van der Waals surface area contributed by atoms with Crippen LogP contribution in [0.1, 0.15) is 52.4 Å². The Bertz CT molecular complexity index is 356. The fourth-order valence-corrected chi connectivity index (χ4v) is 5.13. The second-order valence-corrected chi connectivity index (χ2v) is 6.75. The van der Waals surface area contributed by atoms with Gasteiger partial charge in [-0.15, -0.1) is 0 Å². The molecule has 94 valence electrons. The van der Waals surface area contributed by atoms with Crippen LogP contribution in [0, 0.1) is 23.2 Å². The van der Waals surface area contributed by atoms with Gasteiger partial charge in [0.25, 0.3) is 0 Å². The maximum atomic E-state index is 11.2. The molecule has 2 nitrogen and oxygen atoms in total. The number of carbonyl (C=O) groups is 1. The maximum absolute atomic E-state index is 11.2.